The molecule has 3 heteroatoms. The van der Waals surface area contributed by atoms with Crippen molar-refractivity contribution in [2.24, 2.45) is 5.41 Å². The molecule has 3 rings (SSSR count). The zero-order valence-electron chi connectivity index (χ0n) is 16.7. The summed E-state index contributed by atoms with van der Waals surface area (Å²) in [7, 11) is 0. The molecule has 1 nitrogen and oxygen atoms in total. The van der Waals surface area contributed by atoms with Crippen LogP contribution in [0.1, 0.15) is 68.0 Å². The molecule has 1 unspecified atom stereocenters. The molecule has 1 atom stereocenters. The van der Waals surface area contributed by atoms with Crippen molar-refractivity contribution >= 4 is 12.3 Å². The van der Waals surface area contributed by atoms with Crippen molar-refractivity contribution in [3.05, 3.63) is 40.0 Å². The van der Waals surface area contributed by atoms with Crippen molar-refractivity contribution in [1.29, 1.82) is 0 Å². The summed E-state index contributed by atoms with van der Waals surface area (Å²) in [5.74, 6) is 0. The van der Waals surface area contributed by atoms with Crippen LogP contribution < -0.4 is 3.80 Å². The minimum absolute atomic E-state index is 0.235. The fraction of sp³-hybridized carbons (Fsp3) is 0.619. The van der Waals surface area contributed by atoms with Gasteiger partial charge in [0.1, 0.15) is 0 Å². The minimum atomic E-state index is -1.38. The van der Waals surface area contributed by atoms with Crippen LogP contribution in [0.2, 0.25) is 13.1 Å². The summed E-state index contributed by atoms with van der Waals surface area (Å²) in [6, 6.07) is 4.93. The third-order valence-electron chi connectivity index (χ3n) is 5.29. The monoisotopic (exact) mass is 375 g/mol. The Labute approximate surface area is 155 Å². The van der Waals surface area contributed by atoms with Gasteiger partial charge in [0.25, 0.3) is 0 Å². The maximum atomic E-state index is 4.12. The van der Waals surface area contributed by atoms with E-state index in [1.165, 1.54) is 12.8 Å². The van der Waals surface area contributed by atoms with Crippen LogP contribution in [0.3, 0.4) is 0 Å². The van der Waals surface area contributed by atoms with Crippen LogP contribution in [-0.2, 0) is 29.7 Å². The second-order valence-electron chi connectivity index (χ2n) is 9.83. The van der Waals surface area contributed by atoms with Crippen LogP contribution in [0.25, 0.3) is 6.08 Å². The number of rotatable bonds is 2. The van der Waals surface area contributed by atoms with Gasteiger partial charge in [-0.1, -0.05) is 0 Å². The van der Waals surface area contributed by atoms with Crippen molar-refractivity contribution in [1.82, 2.24) is 3.80 Å². The first-order valence-corrected chi connectivity index (χ1v) is 15.8. The maximum absolute atomic E-state index is 4.12. The molecule has 24 heavy (non-hydrogen) atoms. The van der Waals surface area contributed by atoms with E-state index < -0.39 is 16.9 Å². The van der Waals surface area contributed by atoms with Crippen LogP contribution in [0, 0.1) is 5.41 Å². The number of benzene rings is 1. The summed E-state index contributed by atoms with van der Waals surface area (Å²) < 4.78 is 4.84. The number of hydrogen-bond acceptors (Lipinski definition) is 1. The molecule has 0 radical (unpaired) electrons. The van der Waals surface area contributed by atoms with Crippen LogP contribution in [0.4, 0.5) is 0 Å². The summed E-state index contributed by atoms with van der Waals surface area (Å²) in [5.41, 5.74) is 8.82. The van der Waals surface area contributed by atoms with E-state index >= 15 is 0 Å². The second kappa shape index (κ2) is 6.23. The molecule has 2 aliphatic carbocycles. The zero-order valence-corrected chi connectivity index (χ0v) is 19.3. The molecule has 1 aromatic carbocycles. The van der Waals surface area contributed by atoms with Gasteiger partial charge in [-0.15, -0.1) is 0 Å². The van der Waals surface area contributed by atoms with Crippen LogP contribution in [-0.4, -0.2) is 11.7 Å². The van der Waals surface area contributed by atoms with Crippen molar-refractivity contribution < 1.29 is 16.9 Å². The zero-order chi connectivity index (χ0) is 17.9. The normalized spacial score (nSPS) is 21.3. The Morgan fingerprint density at radius 1 is 1.17 bits per heavy atom. The van der Waals surface area contributed by atoms with Crippen LogP contribution in [0.5, 0.6) is 0 Å². The van der Waals surface area contributed by atoms with Gasteiger partial charge in [0.05, 0.1) is 0 Å². The van der Waals surface area contributed by atoms with E-state index in [2.05, 4.69) is 76.6 Å². The Balaban J connectivity index is 2.08. The summed E-state index contributed by atoms with van der Waals surface area (Å²) in [5, 5.41) is 0. The van der Waals surface area contributed by atoms with Gasteiger partial charge in [-0.3, -0.25) is 0 Å². The molecule has 0 amide bonds. The molecular formula is C21H33NSiTi. The molecule has 1 N–H and O–H groups in total. The summed E-state index contributed by atoms with van der Waals surface area (Å²) in [6.45, 7) is 19.3. The van der Waals surface area contributed by atoms with Crippen molar-refractivity contribution in [2.75, 3.05) is 0 Å². The van der Waals surface area contributed by atoms with E-state index in [0.717, 1.165) is 4.22 Å². The molecule has 130 valence electrons. The quantitative estimate of drug-likeness (QED) is 0.679. The number of hydrogen-bond donors (Lipinski definition) is 1. The fourth-order valence-corrected chi connectivity index (χ4v) is 15.4. The molecule has 1 aromatic rings. The Morgan fingerprint density at radius 3 is 2.42 bits per heavy atom. The predicted molar refractivity (Wildman–Crippen MR) is 104 cm³/mol. The molecule has 0 heterocycles. The Hall–Kier alpha value is -0.149. The Morgan fingerprint density at radius 2 is 1.83 bits per heavy atom. The van der Waals surface area contributed by atoms with E-state index in [4.69, 9.17) is 0 Å². The third-order valence-corrected chi connectivity index (χ3v) is 16.8. The average molecular weight is 375 g/mol. The molecule has 0 saturated heterocycles. The number of nitrogens with one attached hydrogen (secondary N) is 1. The SMILES string of the molecule is CC1=Cc2c(ccc3c2CC(C)(C)C3)[CH]1[Ti]([NH]C(C)(C)C)=[Si](C)C. The summed E-state index contributed by atoms with van der Waals surface area (Å²) >= 11 is -1.38. The second-order valence-corrected chi connectivity index (χ2v) is 21.3. The van der Waals surface area contributed by atoms with Gasteiger partial charge in [-0.05, 0) is 0 Å². The van der Waals surface area contributed by atoms with Gasteiger partial charge in [-0.2, -0.15) is 0 Å². The van der Waals surface area contributed by atoms with E-state index in [-0.39, 0.29) is 11.7 Å². The molecule has 0 saturated carbocycles. The average Bonchev–Trinajstić information content (AvgIpc) is 2.89. The Bertz CT molecular complexity index is 746. The van der Waals surface area contributed by atoms with E-state index in [0.29, 0.717) is 5.41 Å². The first kappa shape index (κ1) is 18.6. The van der Waals surface area contributed by atoms with Gasteiger partial charge in [0.15, 0.2) is 0 Å². The number of allylic oxidation sites excluding steroid dienone is 1. The third kappa shape index (κ3) is 3.53. The van der Waals surface area contributed by atoms with Gasteiger partial charge >= 0.3 is 156 Å². The Kier molecular flexibility index (Phi) is 4.84. The molecular weight excluding hydrogens is 342 g/mol. The summed E-state index contributed by atoms with van der Waals surface area (Å²) in [6.07, 6.45) is 4.75. The van der Waals surface area contributed by atoms with Crippen molar-refractivity contribution in [3.8, 4) is 0 Å². The first-order chi connectivity index (χ1) is 11.0. The van der Waals surface area contributed by atoms with Crippen LogP contribution >= 0.6 is 0 Å². The summed E-state index contributed by atoms with van der Waals surface area (Å²) in [4.78, 5) is 0. The molecule has 0 fully saturated rings. The van der Waals surface area contributed by atoms with E-state index in [1.807, 2.05) is 0 Å². The number of fused-ring (bicyclic) bond motifs is 3. The predicted octanol–water partition coefficient (Wildman–Crippen LogP) is 5.44. The topological polar surface area (TPSA) is 12.0 Å². The van der Waals surface area contributed by atoms with E-state index in [1.54, 1.807) is 27.8 Å². The van der Waals surface area contributed by atoms with Crippen LogP contribution in [0.15, 0.2) is 17.7 Å². The van der Waals surface area contributed by atoms with Gasteiger partial charge in [0.2, 0.25) is 0 Å². The standard InChI is InChI=1S/C15H17.C4H10N.C2H6Si.Ti/c1-10-6-11-4-5-12-8-15(2,3)9-14(12)13(11)7-10;1-4(2,3)5;1-3-2;/h4-7H,8-9H2,1-3H3;5H,1-3H3;1-2H3;/q;-1;;+1. The van der Waals surface area contributed by atoms with Gasteiger partial charge in [0, 0.05) is 0 Å². The molecule has 0 aliphatic heterocycles. The van der Waals surface area contributed by atoms with Gasteiger partial charge < -0.3 is 0 Å². The molecule has 0 bridgehead atoms. The van der Waals surface area contributed by atoms with E-state index in [9.17, 15) is 0 Å². The molecule has 0 spiro atoms. The van der Waals surface area contributed by atoms with Gasteiger partial charge in [-0.25, -0.2) is 0 Å². The first-order valence-electron chi connectivity index (χ1n) is 9.27. The van der Waals surface area contributed by atoms with Crippen molar-refractivity contribution in [2.45, 2.75) is 77.2 Å². The molecule has 0 aromatic heterocycles. The van der Waals surface area contributed by atoms with Crippen molar-refractivity contribution in [3.63, 3.8) is 0 Å². The fourth-order valence-electron chi connectivity index (χ4n) is 4.41. The molecule has 2 aliphatic rings.